The Morgan fingerprint density at radius 1 is 1.21 bits per heavy atom. The number of carbonyl (C=O) groups excluding carboxylic acids is 1. The van der Waals surface area contributed by atoms with Gasteiger partial charge in [0, 0.05) is 6.04 Å². The molecule has 1 aliphatic carbocycles. The summed E-state index contributed by atoms with van der Waals surface area (Å²) in [5.74, 6) is -1.48. The van der Waals surface area contributed by atoms with Crippen LogP contribution < -0.4 is 5.32 Å². The highest BCUT2D eigenvalue weighted by atomic mass is 16.4. The highest BCUT2D eigenvalue weighted by molar-refractivity contribution is 5.93. The lowest BCUT2D eigenvalue weighted by atomic mass is 10.1. The largest absolute Gasteiger partial charge is 0.481 e. The van der Waals surface area contributed by atoms with Gasteiger partial charge in [0.25, 0.3) is 5.91 Å². The monoisotopic (exact) mass is 328 g/mol. The van der Waals surface area contributed by atoms with Crippen LogP contribution in [0.1, 0.15) is 41.0 Å². The van der Waals surface area contributed by atoms with Crippen molar-refractivity contribution in [3.63, 3.8) is 0 Å². The second-order valence-corrected chi connectivity index (χ2v) is 6.29. The molecule has 0 aliphatic heterocycles. The lowest BCUT2D eigenvalue weighted by Crippen LogP contribution is -2.34. The first-order valence-electron chi connectivity index (χ1n) is 7.98. The SMILES string of the molecule is Cc1ccc(-n2nnc(C(=O)N[C@H]3CC[C@@H](C(=O)O)C3)c2C)cc1. The number of hydrogen-bond acceptors (Lipinski definition) is 4. The molecular formula is C17H20N4O3. The van der Waals surface area contributed by atoms with E-state index in [1.165, 1.54) is 0 Å². The maximum Gasteiger partial charge on any atom is 0.306 e. The fraction of sp³-hybridized carbons (Fsp3) is 0.412. The zero-order chi connectivity index (χ0) is 17.3. The highest BCUT2D eigenvalue weighted by Crippen LogP contribution is 2.26. The van der Waals surface area contributed by atoms with Crippen LogP contribution in [0.5, 0.6) is 0 Å². The Morgan fingerprint density at radius 3 is 2.54 bits per heavy atom. The predicted molar refractivity (Wildman–Crippen MR) is 87.1 cm³/mol. The minimum absolute atomic E-state index is 0.123. The van der Waals surface area contributed by atoms with E-state index >= 15 is 0 Å². The van der Waals surface area contributed by atoms with Crippen LogP contribution in [0.2, 0.25) is 0 Å². The van der Waals surface area contributed by atoms with Crippen molar-refractivity contribution in [2.75, 3.05) is 0 Å². The topological polar surface area (TPSA) is 97.1 Å². The van der Waals surface area contributed by atoms with Gasteiger partial charge in [-0.3, -0.25) is 9.59 Å². The Bertz CT molecular complexity index is 767. The van der Waals surface area contributed by atoms with E-state index in [4.69, 9.17) is 5.11 Å². The summed E-state index contributed by atoms with van der Waals surface area (Å²) in [7, 11) is 0. The van der Waals surface area contributed by atoms with E-state index in [9.17, 15) is 9.59 Å². The Labute approximate surface area is 139 Å². The summed E-state index contributed by atoms with van der Waals surface area (Å²) in [6, 6.07) is 7.67. The van der Waals surface area contributed by atoms with Gasteiger partial charge in [-0.15, -0.1) is 5.10 Å². The van der Waals surface area contributed by atoms with Crippen LogP contribution in [0.25, 0.3) is 5.69 Å². The molecule has 1 aromatic heterocycles. The van der Waals surface area contributed by atoms with Crippen molar-refractivity contribution >= 4 is 11.9 Å². The van der Waals surface area contributed by atoms with Gasteiger partial charge in [-0.05, 0) is 45.2 Å². The van der Waals surface area contributed by atoms with Gasteiger partial charge < -0.3 is 10.4 Å². The average molecular weight is 328 g/mol. The van der Waals surface area contributed by atoms with Crippen LogP contribution in [0.4, 0.5) is 0 Å². The molecular weight excluding hydrogens is 308 g/mol. The van der Waals surface area contributed by atoms with Crippen LogP contribution in [0.15, 0.2) is 24.3 Å². The number of hydrogen-bond donors (Lipinski definition) is 2. The van der Waals surface area contributed by atoms with E-state index in [1.807, 2.05) is 31.2 Å². The summed E-state index contributed by atoms with van der Waals surface area (Å²) in [4.78, 5) is 23.4. The second kappa shape index (κ2) is 6.43. The molecule has 0 spiro atoms. The zero-order valence-corrected chi connectivity index (χ0v) is 13.7. The van der Waals surface area contributed by atoms with Crippen LogP contribution in [0.3, 0.4) is 0 Å². The second-order valence-electron chi connectivity index (χ2n) is 6.29. The molecule has 0 unspecified atom stereocenters. The van der Waals surface area contributed by atoms with E-state index in [2.05, 4.69) is 15.6 Å². The fourth-order valence-electron chi connectivity index (χ4n) is 3.06. The molecule has 7 heteroatoms. The van der Waals surface area contributed by atoms with Gasteiger partial charge in [0.05, 0.1) is 17.3 Å². The lowest BCUT2D eigenvalue weighted by Gasteiger charge is -2.11. The molecule has 2 N–H and O–H groups in total. The smallest absolute Gasteiger partial charge is 0.306 e. The molecule has 1 saturated carbocycles. The van der Waals surface area contributed by atoms with Crippen molar-refractivity contribution in [1.29, 1.82) is 0 Å². The van der Waals surface area contributed by atoms with Crippen molar-refractivity contribution in [2.24, 2.45) is 5.92 Å². The molecule has 0 saturated heterocycles. The van der Waals surface area contributed by atoms with Crippen molar-refractivity contribution in [3.05, 3.63) is 41.2 Å². The van der Waals surface area contributed by atoms with Crippen molar-refractivity contribution in [1.82, 2.24) is 20.3 Å². The number of carboxylic acid groups (broad SMARTS) is 1. The number of carboxylic acids is 1. The minimum Gasteiger partial charge on any atom is -0.481 e. The average Bonchev–Trinajstić information content (AvgIpc) is 3.15. The molecule has 7 nitrogen and oxygen atoms in total. The third-order valence-electron chi connectivity index (χ3n) is 4.51. The number of benzene rings is 1. The molecule has 1 aromatic carbocycles. The highest BCUT2D eigenvalue weighted by Gasteiger charge is 2.31. The van der Waals surface area contributed by atoms with Crippen LogP contribution in [-0.2, 0) is 4.79 Å². The molecule has 0 radical (unpaired) electrons. The van der Waals surface area contributed by atoms with Crippen molar-refractivity contribution in [2.45, 2.75) is 39.2 Å². The Kier molecular flexibility index (Phi) is 4.33. The molecule has 126 valence electrons. The number of amides is 1. The first kappa shape index (κ1) is 16.2. The van der Waals surface area contributed by atoms with E-state index in [0.717, 1.165) is 11.3 Å². The Morgan fingerprint density at radius 2 is 1.92 bits per heavy atom. The zero-order valence-electron chi connectivity index (χ0n) is 13.7. The predicted octanol–water partition coefficient (Wildman–Crippen LogP) is 1.87. The molecule has 24 heavy (non-hydrogen) atoms. The molecule has 0 bridgehead atoms. The summed E-state index contributed by atoms with van der Waals surface area (Å²) in [5, 5.41) is 20.0. The van der Waals surface area contributed by atoms with Gasteiger partial charge in [-0.1, -0.05) is 22.9 Å². The summed E-state index contributed by atoms with van der Waals surface area (Å²) < 4.78 is 1.63. The molecule has 2 atom stereocenters. The van der Waals surface area contributed by atoms with Crippen LogP contribution in [0, 0.1) is 19.8 Å². The number of carbonyl (C=O) groups is 2. The number of nitrogens with zero attached hydrogens (tertiary/aromatic N) is 3. The maximum atomic E-state index is 12.4. The Balaban J connectivity index is 1.72. The van der Waals surface area contributed by atoms with Crippen LogP contribution in [-0.4, -0.2) is 38.0 Å². The van der Waals surface area contributed by atoms with Crippen LogP contribution >= 0.6 is 0 Å². The summed E-state index contributed by atoms with van der Waals surface area (Å²) in [6.45, 7) is 3.80. The van der Waals surface area contributed by atoms with Crippen molar-refractivity contribution < 1.29 is 14.7 Å². The fourth-order valence-corrected chi connectivity index (χ4v) is 3.06. The summed E-state index contributed by atoms with van der Waals surface area (Å²) >= 11 is 0. The molecule has 3 rings (SSSR count). The minimum atomic E-state index is -0.798. The van der Waals surface area contributed by atoms with E-state index in [-0.39, 0.29) is 23.6 Å². The normalized spacial score (nSPS) is 20.1. The van der Waals surface area contributed by atoms with Gasteiger partial charge in [0.15, 0.2) is 5.69 Å². The molecule has 1 amide bonds. The number of aliphatic carboxylic acids is 1. The van der Waals surface area contributed by atoms with Gasteiger partial charge in [0.1, 0.15) is 0 Å². The molecule has 1 aliphatic rings. The summed E-state index contributed by atoms with van der Waals surface area (Å²) in [5.41, 5.74) is 2.92. The van der Waals surface area contributed by atoms with Crippen molar-refractivity contribution in [3.8, 4) is 5.69 Å². The number of aromatic nitrogens is 3. The third-order valence-corrected chi connectivity index (χ3v) is 4.51. The number of aryl methyl sites for hydroxylation is 1. The third kappa shape index (κ3) is 3.15. The number of rotatable bonds is 4. The molecule has 2 aromatic rings. The van der Waals surface area contributed by atoms with Gasteiger partial charge in [-0.2, -0.15) is 0 Å². The molecule has 1 heterocycles. The van der Waals surface area contributed by atoms with Gasteiger partial charge in [0.2, 0.25) is 0 Å². The van der Waals surface area contributed by atoms with Gasteiger partial charge in [-0.25, -0.2) is 4.68 Å². The van der Waals surface area contributed by atoms with E-state index in [1.54, 1.807) is 11.6 Å². The van der Waals surface area contributed by atoms with E-state index < -0.39 is 5.97 Å². The Hall–Kier alpha value is -2.70. The molecule has 1 fully saturated rings. The maximum absolute atomic E-state index is 12.4. The first-order valence-corrected chi connectivity index (χ1v) is 7.98. The number of nitrogens with one attached hydrogen (secondary N) is 1. The summed E-state index contributed by atoms with van der Waals surface area (Å²) in [6.07, 6.45) is 1.73. The lowest BCUT2D eigenvalue weighted by molar-refractivity contribution is -0.141. The van der Waals surface area contributed by atoms with E-state index in [0.29, 0.717) is 25.0 Å². The first-order chi connectivity index (χ1) is 11.5. The quantitative estimate of drug-likeness (QED) is 0.893. The standard InChI is InChI=1S/C17H20N4O3/c1-10-3-7-14(8-4-10)21-11(2)15(19-20-21)16(22)18-13-6-5-12(9-13)17(23)24/h3-4,7-8,12-13H,5-6,9H2,1-2H3,(H,18,22)(H,23,24)/t12-,13+/m1/s1. The van der Waals surface area contributed by atoms with Gasteiger partial charge >= 0.3 is 5.97 Å².